The molecule has 1 aromatic carbocycles. The summed E-state index contributed by atoms with van der Waals surface area (Å²) in [6.07, 6.45) is -0.480. The maximum absolute atomic E-state index is 10.2. The lowest BCUT2D eigenvalue weighted by molar-refractivity contribution is 0.0919. The van der Waals surface area contributed by atoms with Crippen LogP contribution in [0.2, 0.25) is 5.02 Å². The average molecular weight is 243 g/mol. The Morgan fingerprint density at radius 2 is 1.88 bits per heavy atom. The van der Waals surface area contributed by atoms with Gasteiger partial charge in [0.2, 0.25) is 0 Å². The van der Waals surface area contributed by atoms with Gasteiger partial charge in [0.05, 0.1) is 18.2 Å². The molecule has 0 aliphatic carbocycles. The molecule has 0 amide bonds. The number of hydrogen-bond donors (Lipinski definition) is 1. The van der Waals surface area contributed by atoms with E-state index < -0.39 is 6.10 Å². The second kappa shape index (κ2) is 5.55. The number of benzene rings is 1. The van der Waals surface area contributed by atoms with Crippen molar-refractivity contribution in [2.24, 2.45) is 11.8 Å². The van der Waals surface area contributed by atoms with Crippen LogP contribution in [0.5, 0.6) is 5.75 Å². The van der Waals surface area contributed by atoms with Crippen molar-refractivity contribution in [1.82, 2.24) is 0 Å². The van der Waals surface area contributed by atoms with Crippen molar-refractivity contribution in [3.63, 3.8) is 0 Å². The van der Waals surface area contributed by atoms with Crippen LogP contribution >= 0.6 is 11.6 Å². The van der Waals surface area contributed by atoms with Crippen LogP contribution < -0.4 is 4.74 Å². The highest BCUT2D eigenvalue weighted by Crippen LogP contribution is 2.32. The van der Waals surface area contributed by atoms with E-state index in [2.05, 4.69) is 13.8 Å². The Bertz CT molecular complexity index is 350. The van der Waals surface area contributed by atoms with Crippen molar-refractivity contribution >= 4 is 11.6 Å². The smallest absolute Gasteiger partial charge is 0.137 e. The van der Waals surface area contributed by atoms with Crippen molar-refractivity contribution in [3.8, 4) is 5.75 Å². The lowest BCUT2D eigenvalue weighted by Crippen LogP contribution is -2.14. The van der Waals surface area contributed by atoms with Gasteiger partial charge in [0.15, 0.2) is 0 Å². The first-order valence-electron chi connectivity index (χ1n) is 5.48. The topological polar surface area (TPSA) is 29.5 Å². The van der Waals surface area contributed by atoms with Gasteiger partial charge in [0.1, 0.15) is 5.75 Å². The van der Waals surface area contributed by atoms with Crippen molar-refractivity contribution in [2.75, 3.05) is 7.11 Å². The maximum Gasteiger partial charge on any atom is 0.137 e. The number of hydrogen-bond acceptors (Lipinski definition) is 2. The zero-order chi connectivity index (χ0) is 12.3. The fourth-order valence-electron chi connectivity index (χ4n) is 1.53. The van der Waals surface area contributed by atoms with Crippen molar-refractivity contribution < 1.29 is 9.84 Å². The third-order valence-corrected chi connectivity index (χ3v) is 3.38. The summed E-state index contributed by atoms with van der Waals surface area (Å²) < 4.78 is 5.13. The van der Waals surface area contributed by atoms with Crippen LogP contribution in [0.25, 0.3) is 0 Å². The molecule has 1 aromatic rings. The molecule has 0 bridgehead atoms. The van der Waals surface area contributed by atoms with Crippen LogP contribution in [0, 0.1) is 11.8 Å². The molecule has 16 heavy (non-hydrogen) atoms. The Balaban J connectivity index is 2.96. The van der Waals surface area contributed by atoms with Crippen LogP contribution in [-0.2, 0) is 0 Å². The Morgan fingerprint density at radius 3 is 2.38 bits per heavy atom. The van der Waals surface area contributed by atoms with Gasteiger partial charge >= 0.3 is 0 Å². The van der Waals surface area contributed by atoms with E-state index in [0.29, 0.717) is 16.7 Å². The molecule has 0 aromatic heterocycles. The van der Waals surface area contributed by atoms with E-state index in [1.807, 2.05) is 13.0 Å². The highest BCUT2D eigenvalue weighted by atomic mass is 35.5. The molecule has 0 saturated carbocycles. The van der Waals surface area contributed by atoms with Crippen molar-refractivity contribution in [1.29, 1.82) is 0 Å². The van der Waals surface area contributed by atoms with E-state index in [1.165, 1.54) is 0 Å². The van der Waals surface area contributed by atoms with E-state index >= 15 is 0 Å². The molecule has 1 N–H and O–H groups in total. The van der Waals surface area contributed by atoms with Crippen LogP contribution in [0.1, 0.15) is 32.4 Å². The Hall–Kier alpha value is -0.730. The van der Waals surface area contributed by atoms with Gasteiger partial charge in [-0.2, -0.15) is 0 Å². The van der Waals surface area contributed by atoms with E-state index in [-0.39, 0.29) is 5.92 Å². The summed E-state index contributed by atoms with van der Waals surface area (Å²) in [5.74, 6) is 1.23. The molecule has 2 atom stereocenters. The first-order valence-corrected chi connectivity index (χ1v) is 5.86. The molecule has 2 nitrogen and oxygen atoms in total. The molecule has 0 radical (unpaired) electrons. The predicted octanol–water partition coefficient (Wildman–Crippen LogP) is 3.67. The van der Waals surface area contributed by atoms with Crippen molar-refractivity contribution in [2.45, 2.75) is 26.9 Å². The van der Waals surface area contributed by atoms with Crippen LogP contribution in [0.3, 0.4) is 0 Å². The van der Waals surface area contributed by atoms with Gasteiger partial charge in [-0.3, -0.25) is 0 Å². The SMILES string of the molecule is COc1cc(C(O)C(C)C(C)C)ccc1Cl. The van der Waals surface area contributed by atoms with Gasteiger partial charge in [-0.15, -0.1) is 0 Å². The molecule has 1 rings (SSSR count). The molecule has 0 spiro atoms. The fraction of sp³-hybridized carbons (Fsp3) is 0.538. The first kappa shape index (κ1) is 13.3. The summed E-state index contributed by atoms with van der Waals surface area (Å²) >= 11 is 5.94. The predicted molar refractivity (Wildman–Crippen MR) is 67.0 cm³/mol. The monoisotopic (exact) mass is 242 g/mol. The standard InChI is InChI=1S/C13H19ClO2/c1-8(2)9(3)13(15)10-5-6-11(14)12(7-10)16-4/h5-9,13,15H,1-4H3. The summed E-state index contributed by atoms with van der Waals surface area (Å²) in [6.45, 7) is 6.23. The minimum Gasteiger partial charge on any atom is -0.495 e. The number of aliphatic hydroxyl groups is 1. The highest BCUT2D eigenvalue weighted by Gasteiger charge is 2.20. The number of ether oxygens (including phenoxy) is 1. The molecule has 0 aliphatic rings. The molecular weight excluding hydrogens is 224 g/mol. The largest absolute Gasteiger partial charge is 0.495 e. The van der Waals surface area contributed by atoms with E-state index in [4.69, 9.17) is 16.3 Å². The van der Waals surface area contributed by atoms with Gasteiger partial charge in [0, 0.05) is 0 Å². The Morgan fingerprint density at radius 1 is 1.25 bits per heavy atom. The molecular formula is C13H19ClO2. The number of aliphatic hydroxyl groups excluding tert-OH is 1. The lowest BCUT2D eigenvalue weighted by atomic mass is 9.88. The Kier molecular flexibility index (Phi) is 4.63. The normalized spacial score (nSPS) is 14.9. The number of rotatable bonds is 4. The Labute approximate surface area is 102 Å². The van der Waals surface area contributed by atoms with Crippen LogP contribution in [-0.4, -0.2) is 12.2 Å². The zero-order valence-electron chi connectivity index (χ0n) is 10.2. The molecule has 0 heterocycles. The number of halogens is 1. The molecule has 2 unspecified atom stereocenters. The van der Waals surface area contributed by atoms with E-state index in [1.54, 1.807) is 19.2 Å². The van der Waals surface area contributed by atoms with E-state index in [9.17, 15) is 5.11 Å². The quantitative estimate of drug-likeness (QED) is 0.873. The average Bonchev–Trinajstić information content (AvgIpc) is 2.27. The molecule has 0 fully saturated rings. The molecule has 90 valence electrons. The van der Waals surface area contributed by atoms with Gasteiger partial charge < -0.3 is 9.84 Å². The minimum absolute atomic E-state index is 0.200. The zero-order valence-corrected chi connectivity index (χ0v) is 11.0. The highest BCUT2D eigenvalue weighted by molar-refractivity contribution is 6.32. The van der Waals surface area contributed by atoms with Crippen LogP contribution in [0.15, 0.2) is 18.2 Å². The third kappa shape index (κ3) is 2.89. The lowest BCUT2D eigenvalue weighted by Gasteiger charge is -2.23. The first-order chi connectivity index (χ1) is 7.47. The summed E-state index contributed by atoms with van der Waals surface area (Å²) in [5, 5.41) is 10.7. The second-order valence-electron chi connectivity index (χ2n) is 4.44. The molecule has 0 saturated heterocycles. The summed E-state index contributed by atoms with van der Waals surface area (Å²) in [4.78, 5) is 0. The number of methoxy groups -OCH3 is 1. The third-order valence-electron chi connectivity index (χ3n) is 3.07. The molecule has 0 aliphatic heterocycles. The maximum atomic E-state index is 10.2. The van der Waals surface area contributed by atoms with Gasteiger partial charge in [-0.25, -0.2) is 0 Å². The summed E-state index contributed by atoms with van der Waals surface area (Å²) in [6, 6.07) is 5.40. The van der Waals surface area contributed by atoms with Gasteiger partial charge in [0.25, 0.3) is 0 Å². The minimum atomic E-state index is -0.480. The van der Waals surface area contributed by atoms with Gasteiger partial charge in [-0.05, 0) is 29.5 Å². The summed E-state index contributed by atoms with van der Waals surface area (Å²) in [5.41, 5.74) is 0.849. The second-order valence-corrected chi connectivity index (χ2v) is 4.85. The summed E-state index contributed by atoms with van der Waals surface area (Å²) in [7, 11) is 1.57. The van der Waals surface area contributed by atoms with Crippen LogP contribution in [0.4, 0.5) is 0 Å². The fourth-order valence-corrected chi connectivity index (χ4v) is 1.72. The van der Waals surface area contributed by atoms with Crippen molar-refractivity contribution in [3.05, 3.63) is 28.8 Å². The van der Waals surface area contributed by atoms with Gasteiger partial charge in [-0.1, -0.05) is 38.4 Å². The molecule has 3 heteroatoms. The van der Waals surface area contributed by atoms with E-state index in [0.717, 1.165) is 5.56 Å².